The summed E-state index contributed by atoms with van der Waals surface area (Å²) in [5.74, 6) is 9.24. The Morgan fingerprint density at radius 2 is 1.00 bits per heavy atom. The van der Waals surface area contributed by atoms with Crippen LogP contribution in [0.25, 0.3) is 0 Å². The van der Waals surface area contributed by atoms with Gasteiger partial charge in [0.1, 0.15) is 0 Å². The summed E-state index contributed by atoms with van der Waals surface area (Å²) in [5, 5.41) is 0. The van der Waals surface area contributed by atoms with E-state index in [9.17, 15) is 0 Å². The van der Waals surface area contributed by atoms with Crippen LogP contribution in [0.5, 0.6) is 0 Å². The Morgan fingerprint density at radius 3 is 1.59 bits per heavy atom. The van der Waals surface area contributed by atoms with Gasteiger partial charge in [-0.15, -0.1) is 0 Å². The summed E-state index contributed by atoms with van der Waals surface area (Å²) in [6.45, 7) is 0. The largest absolute Gasteiger partial charge is 0.0530 e. The lowest BCUT2D eigenvalue weighted by atomic mass is 9.68. The quantitative estimate of drug-likeness (QED) is 0.550. The Kier molecular flexibility index (Phi) is 3.79. The van der Waals surface area contributed by atoms with Gasteiger partial charge in [0.15, 0.2) is 0 Å². The van der Waals surface area contributed by atoms with E-state index in [0.717, 1.165) is 35.5 Å². The van der Waals surface area contributed by atoms with E-state index in [0.29, 0.717) is 0 Å². The molecule has 0 saturated heterocycles. The van der Waals surface area contributed by atoms with Crippen LogP contribution < -0.4 is 0 Å². The zero-order valence-electron chi connectivity index (χ0n) is 14.5. The van der Waals surface area contributed by atoms with Crippen molar-refractivity contribution in [2.24, 2.45) is 47.3 Å². The first kappa shape index (κ1) is 14.4. The highest BCUT2D eigenvalue weighted by atomic mass is 14.5. The normalized spacial score (nSPS) is 54.5. The van der Waals surface area contributed by atoms with E-state index in [4.69, 9.17) is 0 Å². The van der Waals surface area contributed by atoms with E-state index in [1.165, 1.54) is 11.8 Å². The number of fused-ring (bicyclic) bond motifs is 3. The van der Waals surface area contributed by atoms with Crippen molar-refractivity contribution in [3.05, 3.63) is 0 Å². The second kappa shape index (κ2) is 5.82. The Labute approximate surface area is 137 Å². The summed E-state index contributed by atoms with van der Waals surface area (Å²) in [6.07, 6.45) is 22.4. The molecule has 5 unspecified atom stereocenters. The van der Waals surface area contributed by atoms with Crippen molar-refractivity contribution in [1.82, 2.24) is 0 Å². The molecule has 0 heterocycles. The van der Waals surface area contributed by atoms with Gasteiger partial charge in [0.25, 0.3) is 0 Å². The molecule has 5 atom stereocenters. The maximum atomic E-state index is 1.63. The highest BCUT2D eigenvalue weighted by Gasteiger charge is 2.45. The van der Waals surface area contributed by atoms with Gasteiger partial charge in [0.05, 0.1) is 0 Å². The summed E-state index contributed by atoms with van der Waals surface area (Å²) in [6, 6.07) is 0. The van der Waals surface area contributed by atoms with E-state index in [-0.39, 0.29) is 0 Å². The molecule has 22 heavy (non-hydrogen) atoms. The first-order chi connectivity index (χ1) is 10.9. The smallest absolute Gasteiger partial charge is 0.0355 e. The monoisotopic (exact) mass is 300 g/mol. The molecule has 124 valence electrons. The van der Waals surface area contributed by atoms with Crippen LogP contribution >= 0.6 is 0 Å². The molecule has 5 aliphatic rings. The molecule has 0 amide bonds. The third kappa shape index (κ3) is 2.48. The van der Waals surface area contributed by atoms with Gasteiger partial charge in [-0.1, -0.05) is 32.1 Å². The van der Waals surface area contributed by atoms with Crippen LogP contribution in [0.2, 0.25) is 0 Å². The fourth-order valence-corrected chi connectivity index (χ4v) is 8.08. The van der Waals surface area contributed by atoms with Gasteiger partial charge in [-0.05, 0) is 105 Å². The second-order valence-corrected chi connectivity index (χ2v) is 10.0. The lowest BCUT2D eigenvalue weighted by molar-refractivity contribution is 0.128. The summed E-state index contributed by atoms with van der Waals surface area (Å²) in [7, 11) is 0. The van der Waals surface area contributed by atoms with Crippen LogP contribution in [0.4, 0.5) is 0 Å². The molecule has 0 aromatic heterocycles. The molecule has 0 nitrogen and oxygen atoms in total. The van der Waals surface area contributed by atoms with Crippen molar-refractivity contribution in [2.45, 2.75) is 89.9 Å². The second-order valence-electron chi connectivity index (χ2n) is 10.0. The van der Waals surface area contributed by atoms with Gasteiger partial charge < -0.3 is 0 Å². The molecule has 5 aliphatic carbocycles. The van der Waals surface area contributed by atoms with Crippen LogP contribution in [-0.2, 0) is 0 Å². The SMILES string of the molecule is C1CCC2CC(C3CCC(C4CC5CCC4C5)CC3)CC2C1. The number of hydrogen-bond donors (Lipinski definition) is 0. The fourth-order valence-electron chi connectivity index (χ4n) is 8.08. The van der Waals surface area contributed by atoms with Gasteiger partial charge in [0.2, 0.25) is 0 Å². The van der Waals surface area contributed by atoms with Crippen molar-refractivity contribution in [1.29, 1.82) is 0 Å². The Hall–Kier alpha value is 0. The molecule has 2 bridgehead atoms. The average Bonchev–Trinajstić information content (AvgIpc) is 3.29. The van der Waals surface area contributed by atoms with E-state index in [1.807, 2.05) is 0 Å². The van der Waals surface area contributed by atoms with Gasteiger partial charge in [-0.3, -0.25) is 0 Å². The van der Waals surface area contributed by atoms with Gasteiger partial charge in [0, 0.05) is 0 Å². The first-order valence-electron chi connectivity index (χ1n) is 10.9. The third-order valence-electron chi connectivity index (χ3n) is 9.16. The third-order valence-corrected chi connectivity index (χ3v) is 9.16. The molecule has 5 fully saturated rings. The number of rotatable bonds is 2. The minimum atomic E-state index is 1.14. The summed E-state index contributed by atoms with van der Waals surface area (Å²) < 4.78 is 0. The van der Waals surface area contributed by atoms with E-state index < -0.39 is 0 Å². The topological polar surface area (TPSA) is 0 Å². The van der Waals surface area contributed by atoms with Crippen molar-refractivity contribution < 1.29 is 0 Å². The molecule has 0 aliphatic heterocycles. The Bertz CT molecular complexity index is 377. The maximum absolute atomic E-state index is 1.63. The van der Waals surface area contributed by atoms with E-state index in [1.54, 1.807) is 89.9 Å². The van der Waals surface area contributed by atoms with Gasteiger partial charge in [-0.25, -0.2) is 0 Å². The molecule has 0 N–H and O–H groups in total. The van der Waals surface area contributed by atoms with Crippen LogP contribution in [0.15, 0.2) is 0 Å². The highest BCUT2D eigenvalue weighted by molar-refractivity contribution is 4.96. The van der Waals surface area contributed by atoms with Crippen molar-refractivity contribution >= 4 is 0 Å². The molecular weight excluding hydrogens is 264 g/mol. The van der Waals surface area contributed by atoms with Crippen LogP contribution in [0, 0.1) is 47.3 Å². The fraction of sp³-hybridized carbons (Fsp3) is 1.00. The Balaban J connectivity index is 1.15. The minimum Gasteiger partial charge on any atom is -0.0530 e. The zero-order valence-corrected chi connectivity index (χ0v) is 14.5. The average molecular weight is 301 g/mol. The zero-order chi connectivity index (χ0) is 14.5. The lowest BCUT2D eigenvalue weighted by Gasteiger charge is -2.38. The molecular formula is C22H36. The highest BCUT2D eigenvalue weighted by Crippen LogP contribution is 2.56. The number of hydrogen-bond acceptors (Lipinski definition) is 0. The van der Waals surface area contributed by atoms with Crippen molar-refractivity contribution in [2.75, 3.05) is 0 Å². The maximum Gasteiger partial charge on any atom is -0.0355 e. The summed E-state index contributed by atoms with van der Waals surface area (Å²) in [5.41, 5.74) is 0. The lowest BCUT2D eigenvalue weighted by Crippen LogP contribution is -2.27. The molecule has 5 rings (SSSR count). The predicted molar refractivity (Wildman–Crippen MR) is 92.6 cm³/mol. The Morgan fingerprint density at radius 1 is 0.364 bits per heavy atom. The molecule has 5 saturated carbocycles. The van der Waals surface area contributed by atoms with Crippen LogP contribution in [-0.4, -0.2) is 0 Å². The predicted octanol–water partition coefficient (Wildman–Crippen LogP) is 6.45. The van der Waals surface area contributed by atoms with Gasteiger partial charge >= 0.3 is 0 Å². The molecule has 0 heteroatoms. The summed E-state index contributed by atoms with van der Waals surface area (Å²) in [4.78, 5) is 0. The molecule has 0 aromatic carbocycles. The standard InChI is InChI=1S/C22H36/c1-2-4-19-14-21(13-18(19)3-1)16-7-9-17(10-8-16)22-12-15-5-6-20(22)11-15/h15-22H,1-14H2. The van der Waals surface area contributed by atoms with Crippen molar-refractivity contribution in [3.8, 4) is 0 Å². The van der Waals surface area contributed by atoms with Crippen LogP contribution in [0.1, 0.15) is 89.9 Å². The molecule has 0 aromatic rings. The van der Waals surface area contributed by atoms with Crippen molar-refractivity contribution in [3.63, 3.8) is 0 Å². The molecule has 0 spiro atoms. The van der Waals surface area contributed by atoms with E-state index in [2.05, 4.69) is 0 Å². The first-order valence-corrected chi connectivity index (χ1v) is 10.9. The van der Waals surface area contributed by atoms with Crippen LogP contribution in [0.3, 0.4) is 0 Å². The molecule has 0 radical (unpaired) electrons. The summed E-state index contributed by atoms with van der Waals surface area (Å²) >= 11 is 0. The minimum absolute atomic E-state index is 1.14. The van der Waals surface area contributed by atoms with Gasteiger partial charge in [-0.2, -0.15) is 0 Å². The van der Waals surface area contributed by atoms with E-state index >= 15 is 0 Å².